The van der Waals surface area contributed by atoms with E-state index in [1.807, 2.05) is 0 Å². The fourth-order valence-electron chi connectivity index (χ4n) is 2.67. The van der Waals surface area contributed by atoms with E-state index in [1.165, 1.54) is 0 Å². The molecule has 0 aliphatic rings. The zero-order valence-corrected chi connectivity index (χ0v) is 16.5. The lowest BCUT2D eigenvalue weighted by molar-refractivity contribution is 0.175. The highest BCUT2D eigenvalue weighted by Crippen LogP contribution is 2.31. The van der Waals surface area contributed by atoms with Gasteiger partial charge in [-0.25, -0.2) is 0 Å². The predicted octanol–water partition coefficient (Wildman–Crippen LogP) is 5.67. The summed E-state index contributed by atoms with van der Waals surface area (Å²) in [7, 11) is -1.51. The van der Waals surface area contributed by atoms with E-state index in [2.05, 4.69) is 55.4 Å². The normalized spacial score (nSPS) is 17.8. The second-order valence-corrected chi connectivity index (χ2v) is 10.7. The van der Waals surface area contributed by atoms with Gasteiger partial charge < -0.3 is 9.05 Å². The topological polar surface area (TPSA) is 18.5 Å². The van der Waals surface area contributed by atoms with Crippen LogP contribution >= 0.6 is 7.15 Å². The Morgan fingerprint density at radius 1 is 0.800 bits per heavy atom. The standard InChI is InChI=1S/C16H35O2PS/c1-13(9-15(3,4)5)11-17-19(20)18-12-14(2)10-16(6,7)8/h13-14,19H,9-12H2,1-8H3. The molecule has 2 nitrogen and oxygen atoms in total. The van der Waals surface area contributed by atoms with E-state index in [9.17, 15) is 0 Å². The molecule has 0 bridgehead atoms. The molecular formula is C16H35O2PS. The molecule has 0 aromatic carbocycles. The van der Waals surface area contributed by atoms with E-state index in [0.717, 1.165) is 26.1 Å². The Morgan fingerprint density at radius 3 is 1.35 bits per heavy atom. The highest BCUT2D eigenvalue weighted by atomic mass is 32.4. The van der Waals surface area contributed by atoms with Crippen molar-refractivity contribution in [2.24, 2.45) is 22.7 Å². The fourth-order valence-corrected chi connectivity index (χ4v) is 4.00. The molecule has 0 aliphatic carbocycles. The van der Waals surface area contributed by atoms with Crippen LogP contribution in [-0.2, 0) is 20.9 Å². The maximum Gasteiger partial charge on any atom is 0.176 e. The number of hydrogen-bond donors (Lipinski definition) is 0. The third-order valence-corrected chi connectivity index (χ3v) is 4.40. The van der Waals surface area contributed by atoms with Crippen LogP contribution in [0.3, 0.4) is 0 Å². The molecule has 0 heterocycles. The minimum Gasteiger partial charge on any atom is -0.331 e. The molecule has 0 aliphatic heterocycles. The largest absolute Gasteiger partial charge is 0.331 e. The molecule has 0 saturated heterocycles. The Balaban J connectivity index is 3.84. The van der Waals surface area contributed by atoms with Crippen molar-refractivity contribution in [1.29, 1.82) is 0 Å². The molecule has 20 heavy (non-hydrogen) atoms. The summed E-state index contributed by atoms with van der Waals surface area (Å²) in [5.74, 6) is 1.07. The van der Waals surface area contributed by atoms with Gasteiger partial charge in [0.05, 0.1) is 13.2 Å². The molecule has 122 valence electrons. The van der Waals surface area contributed by atoms with E-state index < -0.39 is 7.15 Å². The van der Waals surface area contributed by atoms with Crippen molar-refractivity contribution in [3.63, 3.8) is 0 Å². The van der Waals surface area contributed by atoms with Gasteiger partial charge in [0.15, 0.2) is 7.15 Å². The highest BCUT2D eigenvalue weighted by Gasteiger charge is 2.17. The summed E-state index contributed by atoms with van der Waals surface area (Å²) in [5, 5.41) is 0. The van der Waals surface area contributed by atoms with Crippen LogP contribution in [0.1, 0.15) is 68.2 Å². The van der Waals surface area contributed by atoms with Crippen molar-refractivity contribution < 1.29 is 9.05 Å². The zero-order valence-electron chi connectivity index (χ0n) is 14.7. The van der Waals surface area contributed by atoms with Crippen LogP contribution in [0.4, 0.5) is 0 Å². The van der Waals surface area contributed by atoms with E-state index >= 15 is 0 Å². The lowest BCUT2D eigenvalue weighted by atomic mass is 9.86. The van der Waals surface area contributed by atoms with Gasteiger partial charge in [-0.1, -0.05) is 55.4 Å². The smallest absolute Gasteiger partial charge is 0.176 e. The second-order valence-electron chi connectivity index (χ2n) is 8.61. The molecule has 0 saturated carbocycles. The summed E-state index contributed by atoms with van der Waals surface area (Å²) < 4.78 is 11.4. The van der Waals surface area contributed by atoms with E-state index in [0.29, 0.717) is 22.7 Å². The average molecular weight is 322 g/mol. The van der Waals surface area contributed by atoms with Crippen molar-refractivity contribution in [2.75, 3.05) is 13.2 Å². The molecule has 4 heteroatoms. The Labute approximate surface area is 132 Å². The van der Waals surface area contributed by atoms with Crippen LogP contribution in [0.15, 0.2) is 0 Å². The van der Waals surface area contributed by atoms with E-state index in [-0.39, 0.29) is 0 Å². The van der Waals surface area contributed by atoms with Gasteiger partial charge in [-0.2, -0.15) is 0 Å². The SMILES string of the molecule is CC(CO[PH](=S)OCC(C)CC(C)(C)C)CC(C)(C)C. The number of hydrogen-bond acceptors (Lipinski definition) is 3. The molecule has 0 rings (SSSR count). The van der Waals surface area contributed by atoms with Gasteiger partial charge in [0.1, 0.15) is 0 Å². The summed E-state index contributed by atoms with van der Waals surface area (Å²) in [6.45, 7) is 19.4. The summed E-state index contributed by atoms with van der Waals surface area (Å²) in [5.41, 5.74) is 0.693. The molecule has 0 aromatic heterocycles. The Kier molecular flexibility index (Phi) is 9.13. The van der Waals surface area contributed by atoms with Gasteiger partial charge in [0, 0.05) is 0 Å². The first-order valence-corrected chi connectivity index (χ1v) is 10.1. The molecular weight excluding hydrogens is 287 g/mol. The molecule has 2 atom stereocenters. The lowest BCUT2D eigenvalue weighted by Crippen LogP contribution is -2.15. The maximum atomic E-state index is 5.72. The molecule has 0 radical (unpaired) electrons. The van der Waals surface area contributed by atoms with Gasteiger partial charge in [0.25, 0.3) is 0 Å². The Bertz CT molecular complexity index is 264. The summed E-state index contributed by atoms with van der Waals surface area (Å²) in [6.07, 6.45) is 2.30. The summed E-state index contributed by atoms with van der Waals surface area (Å²) >= 11 is 5.31. The Hall–Kier alpha value is 0.570. The predicted molar refractivity (Wildman–Crippen MR) is 94.1 cm³/mol. The van der Waals surface area contributed by atoms with Crippen LogP contribution < -0.4 is 0 Å². The van der Waals surface area contributed by atoms with Crippen molar-refractivity contribution >= 4 is 19.0 Å². The molecule has 0 fully saturated rings. The molecule has 0 spiro atoms. The van der Waals surface area contributed by atoms with Gasteiger partial charge in [-0.05, 0) is 47.3 Å². The maximum absolute atomic E-state index is 5.72. The van der Waals surface area contributed by atoms with Crippen LogP contribution in [0.5, 0.6) is 0 Å². The first kappa shape index (κ1) is 20.6. The first-order chi connectivity index (χ1) is 8.89. The van der Waals surface area contributed by atoms with Gasteiger partial charge in [-0.3, -0.25) is 0 Å². The third-order valence-electron chi connectivity index (χ3n) is 2.89. The highest BCUT2D eigenvalue weighted by molar-refractivity contribution is 8.00. The lowest BCUT2D eigenvalue weighted by Gasteiger charge is -2.24. The van der Waals surface area contributed by atoms with Gasteiger partial charge in [0.2, 0.25) is 0 Å². The third kappa shape index (κ3) is 13.5. The zero-order chi connectivity index (χ0) is 16.0. The molecule has 0 N–H and O–H groups in total. The second kappa shape index (κ2) is 8.88. The quantitative estimate of drug-likeness (QED) is 0.536. The van der Waals surface area contributed by atoms with Gasteiger partial charge in [-0.15, -0.1) is 0 Å². The monoisotopic (exact) mass is 322 g/mol. The van der Waals surface area contributed by atoms with Crippen LogP contribution in [0, 0.1) is 22.7 Å². The van der Waals surface area contributed by atoms with Gasteiger partial charge >= 0.3 is 0 Å². The van der Waals surface area contributed by atoms with Crippen molar-refractivity contribution in [1.82, 2.24) is 0 Å². The summed E-state index contributed by atoms with van der Waals surface area (Å²) in [6, 6.07) is 0. The minimum atomic E-state index is -1.51. The van der Waals surface area contributed by atoms with Crippen molar-refractivity contribution in [2.45, 2.75) is 68.2 Å². The van der Waals surface area contributed by atoms with Crippen molar-refractivity contribution in [3.05, 3.63) is 0 Å². The Morgan fingerprint density at radius 2 is 1.10 bits per heavy atom. The molecule has 2 unspecified atom stereocenters. The van der Waals surface area contributed by atoms with E-state index in [1.54, 1.807) is 0 Å². The molecule has 0 aromatic rings. The minimum absolute atomic E-state index is 0.346. The molecule has 0 amide bonds. The van der Waals surface area contributed by atoms with Crippen LogP contribution in [0.25, 0.3) is 0 Å². The first-order valence-electron chi connectivity index (χ1n) is 7.68. The summed E-state index contributed by atoms with van der Waals surface area (Å²) in [4.78, 5) is 0. The van der Waals surface area contributed by atoms with E-state index in [4.69, 9.17) is 20.9 Å². The number of rotatable bonds is 8. The average Bonchev–Trinajstić information content (AvgIpc) is 2.18. The van der Waals surface area contributed by atoms with Crippen LogP contribution in [-0.4, -0.2) is 13.2 Å². The fraction of sp³-hybridized carbons (Fsp3) is 1.00. The van der Waals surface area contributed by atoms with Crippen LogP contribution in [0.2, 0.25) is 0 Å². The van der Waals surface area contributed by atoms with Crippen molar-refractivity contribution in [3.8, 4) is 0 Å².